The molecule has 2 N–H and O–H groups in total. The highest BCUT2D eigenvalue weighted by molar-refractivity contribution is 6.35. The summed E-state index contributed by atoms with van der Waals surface area (Å²) in [5.74, 6) is -0.395. The van der Waals surface area contributed by atoms with Crippen molar-refractivity contribution in [1.29, 1.82) is 5.26 Å². The van der Waals surface area contributed by atoms with Crippen LogP contribution in [0.4, 0.5) is 5.69 Å². The molecule has 1 aromatic heterocycles. The van der Waals surface area contributed by atoms with Crippen molar-refractivity contribution >= 4 is 29.0 Å². The first kappa shape index (κ1) is 20.3. The number of nitrogen functional groups attached to an aromatic ring is 1. The van der Waals surface area contributed by atoms with Gasteiger partial charge in [0.05, 0.1) is 34.6 Å². The maximum absolute atomic E-state index is 13.5. The summed E-state index contributed by atoms with van der Waals surface area (Å²) < 4.78 is 17.5. The summed E-state index contributed by atoms with van der Waals surface area (Å²) in [5, 5.41) is 9.69. The number of anilines is 1. The number of hydrogen-bond donors (Lipinski definition) is 1. The zero-order valence-corrected chi connectivity index (χ0v) is 17.1. The smallest absolute Gasteiger partial charge is 0.357 e. The van der Waals surface area contributed by atoms with E-state index in [0.717, 1.165) is 0 Å². The molecule has 156 valence electrons. The van der Waals surface area contributed by atoms with Crippen LogP contribution in [0, 0.1) is 11.3 Å². The number of methoxy groups -OCH3 is 1. The number of hydrogen-bond acceptors (Lipinski definition) is 7. The Hall–Kier alpha value is -3.96. The van der Waals surface area contributed by atoms with Crippen LogP contribution < -0.4 is 15.2 Å². The first-order chi connectivity index (χ1) is 15.0. The molecule has 0 spiro atoms. The van der Waals surface area contributed by atoms with Gasteiger partial charge in [0.2, 0.25) is 0 Å². The van der Waals surface area contributed by atoms with Crippen LogP contribution in [-0.2, 0) is 4.74 Å². The zero-order valence-electron chi connectivity index (χ0n) is 16.3. The number of rotatable bonds is 4. The summed E-state index contributed by atoms with van der Waals surface area (Å²) in [7, 11) is 1.20. The van der Waals surface area contributed by atoms with Gasteiger partial charge in [0.15, 0.2) is 23.0 Å². The van der Waals surface area contributed by atoms with Crippen molar-refractivity contribution < 1.29 is 23.8 Å². The Morgan fingerprint density at radius 3 is 2.48 bits per heavy atom. The Bertz CT molecular complexity index is 1260. The minimum atomic E-state index is -0.759. The largest absolute Gasteiger partial charge is 0.486 e. The van der Waals surface area contributed by atoms with E-state index in [1.54, 1.807) is 30.3 Å². The van der Waals surface area contributed by atoms with Gasteiger partial charge >= 0.3 is 5.97 Å². The van der Waals surface area contributed by atoms with Crippen LogP contribution in [0.3, 0.4) is 0 Å². The third-order valence-electron chi connectivity index (χ3n) is 4.83. The fourth-order valence-corrected chi connectivity index (χ4v) is 3.58. The summed E-state index contributed by atoms with van der Waals surface area (Å²) in [6.45, 7) is 0.653. The Morgan fingerprint density at radius 1 is 1.16 bits per heavy atom. The van der Waals surface area contributed by atoms with Crippen LogP contribution in [0.25, 0.3) is 5.69 Å². The minimum Gasteiger partial charge on any atom is -0.486 e. The van der Waals surface area contributed by atoms with E-state index in [2.05, 4.69) is 0 Å². The summed E-state index contributed by atoms with van der Waals surface area (Å²) in [6, 6.07) is 11.6. The van der Waals surface area contributed by atoms with Crippen molar-refractivity contribution in [1.82, 2.24) is 4.57 Å². The van der Waals surface area contributed by atoms with Crippen molar-refractivity contribution in [3.05, 3.63) is 70.0 Å². The molecular formula is C22H16ClN3O5. The number of carbonyl (C=O) groups excluding carboxylic acids is 2. The molecule has 2 heterocycles. The number of benzene rings is 2. The fraction of sp³-hybridized carbons (Fsp3) is 0.136. The van der Waals surface area contributed by atoms with Gasteiger partial charge in [-0.2, -0.15) is 5.26 Å². The van der Waals surface area contributed by atoms with Gasteiger partial charge in [-0.05, 0) is 18.2 Å². The standard InChI is InChI=1S/C22H16ClN3O5/c1-29-22(28)20-19(25)12(10-24)11-26(20)16-9-18-17(30-6-7-31-18)8-14(16)21(27)13-4-2-3-5-15(13)23/h2-5,8-9,11H,6-7,25H2,1H3. The van der Waals surface area contributed by atoms with Crippen molar-refractivity contribution in [3.8, 4) is 23.3 Å². The Labute approximate surface area is 182 Å². The number of ether oxygens (including phenoxy) is 3. The highest BCUT2D eigenvalue weighted by Gasteiger charge is 2.28. The maximum atomic E-state index is 13.5. The van der Waals surface area contributed by atoms with Crippen molar-refractivity contribution in [3.63, 3.8) is 0 Å². The van der Waals surface area contributed by atoms with Gasteiger partial charge < -0.3 is 24.5 Å². The zero-order chi connectivity index (χ0) is 22.1. The number of carbonyl (C=O) groups is 2. The van der Waals surface area contributed by atoms with Gasteiger partial charge in [-0.25, -0.2) is 4.79 Å². The van der Waals surface area contributed by atoms with E-state index < -0.39 is 11.8 Å². The first-order valence-electron chi connectivity index (χ1n) is 9.18. The molecule has 8 nitrogen and oxygen atoms in total. The number of nitriles is 1. The Morgan fingerprint density at radius 2 is 1.84 bits per heavy atom. The Kier molecular flexibility index (Phi) is 5.28. The second-order valence-corrected chi connectivity index (χ2v) is 7.01. The van der Waals surface area contributed by atoms with E-state index >= 15 is 0 Å². The van der Waals surface area contributed by atoms with Crippen molar-refractivity contribution in [2.45, 2.75) is 0 Å². The third-order valence-corrected chi connectivity index (χ3v) is 5.16. The van der Waals surface area contributed by atoms with Crippen LogP contribution in [0.2, 0.25) is 5.02 Å². The molecule has 0 bridgehead atoms. The quantitative estimate of drug-likeness (QED) is 0.491. The number of nitrogens with two attached hydrogens (primary N) is 1. The molecule has 2 aromatic carbocycles. The number of esters is 1. The number of halogens is 1. The lowest BCUT2D eigenvalue weighted by Crippen LogP contribution is -2.18. The summed E-state index contributed by atoms with van der Waals surface area (Å²) >= 11 is 6.25. The molecule has 0 saturated heterocycles. The molecule has 1 aliphatic rings. The average Bonchev–Trinajstić information content (AvgIpc) is 3.13. The molecule has 0 atom stereocenters. The third kappa shape index (κ3) is 3.45. The normalized spacial score (nSPS) is 12.2. The molecule has 3 aromatic rings. The number of ketones is 1. The average molecular weight is 438 g/mol. The van der Waals surface area contributed by atoms with E-state index in [1.807, 2.05) is 6.07 Å². The molecule has 31 heavy (non-hydrogen) atoms. The van der Waals surface area contributed by atoms with Crippen molar-refractivity contribution in [2.24, 2.45) is 0 Å². The van der Waals surface area contributed by atoms with Crippen molar-refractivity contribution in [2.75, 3.05) is 26.1 Å². The highest BCUT2D eigenvalue weighted by Crippen LogP contribution is 2.38. The number of aromatic nitrogens is 1. The molecule has 1 aliphatic heterocycles. The molecule has 0 unspecified atom stereocenters. The fourth-order valence-electron chi connectivity index (χ4n) is 3.35. The van der Waals surface area contributed by atoms with Gasteiger partial charge in [-0.15, -0.1) is 0 Å². The molecule has 0 fully saturated rings. The monoisotopic (exact) mass is 437 g/mol. The molecule has 4 rings (SSSR count). The predicted octanol–water partition coefficient (Wildman–Crippen LogP) is 3.37. The van der Waals surface area contributed by atoms with Gasteiger partial charge in [-0.1, -0.05) is 23.7 Å². The van der Waals surface area contributed by atoms with Crippen LogP contribution in [0.1, 0.15) is 32.0 Å². The summed E-state index contributed by atoms with van der Waals surface area (Å²) in [5.41, 5.74) is 6.66. The second kappa shape index (κ2) is 8.05. The lowest BCUT2D eigenvalue weighted by Gasteiger charge is -2.22. The van der Waals surface area contributed by atoms with E-state index in [0.29, 0.717) is 24.7 Å². The molecule has 0 saturated carbocycles. The van der Waals surface area contributed by atoms with E-state index in [9.17, 15) is 14.9 Å². The molecule has 0 radical (unpaired) electrons. The van der Waals surface area contributed by atoms with E-state index in [-0.39, 0.29) is 38.8 Å². The lowest BCUT2D eigenvalue weighted by atomic mass is 10.00. The molecular weight excluding hydrogens is 422 g/mol. The summed E-state index contributed by atoms with van der Waals surface area (Å²) in [4.78, 5) is 25.9. The number of fused-ring (bicyclic) bond motifs is 1. The number of nitrogens with zero attached hydrogens (tertiary/aromatic N) is 2. The van der Waals surface area contributed by atoms with Gasteiger partial charge in [0.25, 0.3) is 0 Å². The minimum absolute atomic E-state index is 0.0552. The highest BCUT2D eigenvalue weighted by atomic mass is 35.5. The SMILES string of the molecule is COC(=O)c1c(N)c(C#N)cn1-c1cc2c(cc1C(=O)c1ccccc1Cl)OCCO2. The second-order valence-electron chi connectivity index (χ2n) is 6.60. The first-order valence-corrected chi connectivity index (χ1v) is 9.56. The molecule has 0 aliphatic carbocycles. The van der Waals surface area contributed by atoms with Crippen LogP contribution in [0.5, 0.6) is 11.5 Å². The van der Waals surface area contributed by atoms with Gasteiger partial charge in [0.1, 0.15) is 19.3 Å². The van der Waals surface area contributed by atoms with Gasteiger partial charge in [-0.3, -0.25) is 4.79 Å². The molecule has 0 amide bonds. The summed E-state index contributed by atoms with van der Waals surface area (Å²) in [6.07, 6.45) is 1.37. The Balaban J connectivity index is 2.01. The van der Waals surface area contributed by atoms with Crippen LogP contribution in [0.15, 0.2) is 42.6 Å². The van der Waals surface area contributed by atoms with Gasteiger partial charge in [0, 0.05) is 17.8 Å². The predicted molar refractivity (Wildman–Crippen MR) is 112 cm³/mol. The van der Waals surface area contributed by atoms with Crippen LogP contribution in [-0.4, -0.2) is 36.6 Å². The van der Waals surface area contributed by atoms with E-state index in [4.69, 9.17) is 31.5 Å². The lowest BCUT2D eigenvalue weighted by molar-refractivity contribution is 0.0592. The molecule has 9 heteroatoms. The topological polar surface area (TPSA) is 117 Å². The van der Waals surface area contributed by atoms with E-state index in [1.165, 1.54) is 23.9 Å². The van der Waals surface area contributed by atoms with Crippen LogP contribution >= 0.6 is 11.6 Å². The maximum Gasteiger partial charge on any atom is 0.357 e.